The number of nitrogens with one attached hydrogen (secondary N) is 2. The molecule has 0 aliphatic heterocycles. The summed E-state index contributed by atoms with van der Waals surface area (Å²) in [6, 6.07) is 7.56. The Hall–Kier alpha value is -2.09. The molecule has 1 aromatic heterocycles. The zero-order chi connectivity index (χ0) is 21.5. The van der Waals surface area contributed by atoms with E-state index in [4.69, 9.17) is 32.7 Å². The largest absolute Gasteiger partial charge is 0.476 e. The molecule has 0 bridgehead atoms. The molecule has 0 saturated heterocycles. The van der Waals surface area contributed by atoms with Gasteiger partial charge >= 0.3 is 0 Å². The highest BCUT2D eigenvalue weighted by Gasteiger charge is 2.31. The minimum atomic E-state index is -0.0465. The second kappa shape index (κ2) is 10.8. The maximum absolute atomic E-state index is 11.0. The van der Waals surface area contributed by atoms with Gasteiger partial charge in [-0.25, -0.2) is 9.97 Å². The zero-order valence-corrected chi connectivity index (χ0v) is 18.5. The second-order valence-corrected chi connectivity index (χ2v) is 8.34. The summed E-state index contributed by atoms with van der Waals surface area (Å²) >= 11 is 12.3. The van der Waals surface area contributed by atoms with Crippen LogP contribution in [0.15, 0.2) is 30.6 Å². The minimum absolute atomic E-state index is 0.0106. The van der Waals surface area contributed by atoms with Crippen molar-refractivity contribution in [1.29, 1.82) is 0 Å². The Labute approximate surface area is 186 Å². The number of halogens is 2. The van der Waals surface area contributed by atoms with Crippen molar-refractivity contribution in [2.45, 2.75) is 45.4 Å². The molecule has 1 aromatic carbocycles. The number of hydrogen-bond acceptors (Lipinski definition) is 6. The van der Waals surface area contributed by atoms with E-state index in [1.807, 2.05) is 31.2 Å². The third-order valence-corrected chi connectivity index (χ3v) is 5.40. The van der Waals surface area contributed by atoms with E-state index in [1.165, 1.54) is 13.3 Å². The molecule has 0 radical (unpaired) electrons. The minimum Gasteiger partial charge on any atom is -0.476 e. The van der Waals surface area contributed by atoms with Crippen LogP contribution in [-0.4, -0.2) is 41.2 Å². The highest BCUT2D eigenvalue weighted by atomic mass is 35.5. The molecule has 0 spiro atoms. The lowest BCUT2D eigenvalue weighted by Crippen LogP contribution is -2.40. The van der Waals surface area contributed by atoms with Crippen LogP contribution in [0.2, 0.25) is 10.0 Å². The quantitative estimate of drug-likeness (QED) is 0.564. The average Bonchev–Trinajstić information content (AvgIpc) is 2.67. The summed E-state index contributed by atoms with van der Waals surface area (Å²) in [7, 11) is 0. The molecule has 162 valence electrons. The number of aromatic nitrogens is 2. The van der Waals surface area contributed by atoms with Gasteiger partial charge < -0.3 is 20.1 Å². The molecule has 3 rings (SSSR count). The predicted molar refractivity (Wildman–Crippen MR) is 117 cm³/mol. The fourth-order valence-electron chi connectivity index (χ4n) is 3.18. The highest BCUT2D eigenvalue weighted by molar-refractivity contribution is 6.34. The van der Waals surface area contributed by atoms with E-state index in [0.717, 1.165) is 18.4 Å². The Kier molecular flexibility index (Phi) is 8.13. The summed E-state index contributed by atoms with van der Waals surface area (Å²) in [6.07, 6.45) is 3.46. The van der Waals surface area contributed by atoms with Gasteiger partial charge in [-0.3, -0.25) is 4.79 Å². The van der Waals surface area contributed by atoms with Gasteiger partial charge in [0.15, 0.2) is 5.82 Å². The van der Waals surface area contributed by atoms with Gasteiger partial charge in [-0.05, 0) is 43.4 Å². The van der Waals surface area contributed by atoms with Gasteiger partial charge in [0.1, 0.15) is 11.3 Å². The van der Waals surface area contributed by atoms with Crippen molar-refractivity contribution in [2.24, 2.45) is 5.92 Å². The molecule has 1 aliphatic carbocycles. The van der Waals surface area contributed by atoms with Crippen LogP contribution in [0.25, 0.3) is 0 Å². The summed E-state index contributed by atoms with van der Waals surface area (Å²) in [5.74, 6) is 1.24. The zero-order valence-electron chi connectivity index (χ0n) is 17.0. The van der Waals surface area contributed by atoms with Crippen molar-refractivity contribution >= 4 is 34.9 Å². The van der Waals surface area contributed by atoms with Crippen molar-refractivity contribution in [3.05, 3.63) is 46.2 Å². The average molecular weight is 453 g/mol. The van der Waals surface area contributed by atoms with Crippen LogP contribution in [0, 0.1) is 5.92 Å². The first-order chi connectivity index (χ1) is 14.4. The van der Waals surface area contributed by atoms with Crippen molar-refractivity contribution in [2.75, 3.05) is 18.5 Å². The van der Waals surface area contributed by atoms with Gasteiger partial charge in [0.25, 0.3) is 0 Å². The van der Waals surface area contributed by atoms with Crippen LogP contribution in [0.4, 0.5) is 5.82 Å². The second-order valence-electron chi connectivity index (χ2n) is 7.53. The molecule has 2 N–H and O–H groups in total. The van der Waals surface area contributed by atoms with Crippen molar-refractivity contribution in [1.82, 2.24) is 15.3 Å². The molecule has 1 amide bonds. The number of amides is 1. The maximum Gasteiger partial charge on any atom is 0.237 e. The van der Waals surface area contributed by atoms with Crippen molar-refractivity contribution in [3.8, 4) is 5.88 Å². The van der Waals surface area contributed by atoms with Crippen LogP contribution in [0.5, 0.6) is 5.88 Å². The number of anilines is 1. The highest BCUT2D eigenvalue weighted by Crippen LogP contribution is 2.33. The van der Waals surface area contributed by atoms with Crippen LogP contribution < -0.4 is 15.4 Å². The summed E-state index contributed by atoms with van der Waals surface area (Å²) in [5, 5.41) is 7.06. The van der Waals surface area contributed by atoms with Gasteiger partial charge in [0, 0.05) is 24.5 Å². The standard InChI is InChI=1S/C21H26Cl2N4O3/c1-13(27-14(2)28)10-29-18-7-16(8-18)11-30-21-19(23)20(25-12-26-21)24-9-15-3-5-17(22)6-4-15/h3-6,12-13,16,18H,7-11H2,1-2H3,(H,27,28)(H,24,25,26)/t13-,16?,18?/m0/s1. The Bertz CT molecular complexity index is 845. The Morgan fingerprint density at radius 2 is 1.97 bits per heavy atom. The van der Waals surface area contributed by atoms with Gasteiger partial charge in [-0.1, -0.05) is 35.3 Å². The van der Waals surface area contributed by atoms with E-state index in [1.54, 1.807) is 0 Å². The summed E-state index contributed by atoms with van der Waals surface area (Å²) in [5.41, 5.74) is 1.06. The molecule has 1 aliphatic rings. The molecule has 1 heterocycles. The molecule has 1 fully saturated rings. The van der Waals surface area contributed by atoms with Crippen molar-refractivity contribution < 1.29 is 14.3 Å². The molecular formula is C21H26Cl2N4O3. The topological polar surface area (TPSA) is 85.4 Å². The molecule has 30 heavy (non-hydrogen) atoms. The Balaban J connectivity index is 1.40. The molecule has 9 heteroatoms. The van der Waals surface area contributed by atoms with Gasteiger partial charge in [0.05, 0.1) is 19.3 Å². The van der Waals surface area contributed by atoms with Gasteiger partial charge in [0.2, 0.25) is 11.8 Å². The van der Waals surface area contributed by atoms with E-state index in [-0.39, 0.29) is 18.1 Å². The number of benzene rings is 1. The van der Waals surface area contributed by atoms with Crippen LogP contribution in [0.1, 0.15) is 32.3 Å². The lowest BCUT2D eigenvalue weighted by atomic mass is 9.83. The normalized spacial score (nSPS) is 18.9. The van der Waals surface area contributed by atoms with Crippen LogP contribution in [-0.2, 0) is 16.1 Å². The van der Waals surface area contributed by atoms with Gasteiger partial charge in [-0.15, -0.1) is 0 Å². The van der Waals surface area contributed by atoms with E-state index in [0.29, 0.717) is 47.4 Å². The van der Waals surface area contributed by atoms with Crippen LogP contribution in [0.3, 0.4) is 0 Å². The van der Waals surface area contributed by atoms with E-state index < -0.39 is 0 Å². The summed E-state index contributed by atoms with van der Waals surface area (Å²) in [4.78, 5) is 19.4. The molecule has 0 unspecified atom stereocenters. The SMILES string of the molecule is CC(=O)N[C@@H](C)COC1CC(COc2ncnc(NCc3ccc(Cl)cc3)c2Cl)C1. The molecule has 2 aromatic rings. The third-order valence-electron chi connectivity index (χ3n) is 4.81. The van der Waals surface area contributed by atoms with E-state index in [9.17, 15) is 4.79 Å². The number of ether oxygens (including phenoxy) is 2. The first-order valence-electron chi connectivity index (χ1n) is 9.91. The number of rotatable bonds is 10. The van der Waals surface area contributed by atoms with Crippen molar-refractivity contribution in [3.63, 3.8) is 0 Å². The fraction of sp³-hybridized carbons (Fsp3) is 0.476. The lowest BCUT2D eigenvalue weighted by molar-refractivity contribution is -0.120. The Morgan fingerprint density at radius 1 is 1.23 bits per heavy atom. The summed E-state index contributed by atoms with van der Waals surface area (Å²) in [6.45, 7) is 5.03. The molecule has 1 saturated carbocycles. The number of hydrogen-bond donors (Lipinski definition) is 2. The van der Waals surface area contributed by atoms with E-state index in [2.05, 4.69) is 20.6 Å². The first-order valence-corrected chi connectivity index (χ1v) is 10.7. The Morgan fingerprint density at radius 3 is 2.67 bits per heavy atom. The lowest BCUT2D eigenvalue weighted by Gasteiger charge is -2.35. The van der Waals surface area contributed by atoms with Gasteiger partial charge in [-0.2, -0.15) is 0 Å². The van der Waals surface area contributed by atoms with Crippen LogP contribution >= 0.6 is 23.2 Å². The maximum atomic E-state index is 11.0. The molecule has 7 nitrogen and oxygen atoms in total. The molecule has 1 atom stereocenters. The van der Waals surface area contributed by atoms with E-state index >= 15 is 0 Å². The monoisotopic (exact) mass is 452 g/mol. The number of nitrogens with zero attached hydrogens (tertiary/aromatic N) is 2. The number of carbonyl (C=O) groups is 1. The third kappa shape index (κ3) is 6.72. The predicted octanol–water partition coefficient (Wildman–Crippen LogP) is 4.09. The first kappa shape index (κ1) is 22.6. The number of carbonyl (C=O) groups excluding carboxylic acids is 1. The molecular weight excluding hydrogens is 427 g/mol. The summed E-state index contributed by atoms with van der Waals surface area (Å²) < 4.78 is 11.6. The smallest absolute Gasteiger partial charge is 0.237 e. The fourth-order valence-corrected chi connectivity index (χ4v) is 3.52.